The molecule has 1 aromatic carbocycles. The van der Waals surface area contributed by atoms with Gasteiger partial charge >= 0.3 is 0 Å². The Morgan fingerprint density at radius 2 is 2.11 bits per heavy atom. The van der Waals surface area contributed by atoms with Crippen molar-refractivity contribution in [3.05, 3.63) is 61.8 Å². The first-order chi connectivity index (χ1) is 8.63. The highest BCUT2D eigenvalue weighted by atomic mass is 32.1. The van der Waals surface area contributed by atoms with E-state index in [1.807, 2.05) is 0 Å². The fraction of sp³-hybridized carbons (Fsp3) is 0. The molecule has 0 N–H and O–H groups in total. The minimum atomic E-state index is -0.650. The van der Waals surface area contributed by atoms with Crippen LogP contribution in [0.3, 0.4) is 0 Å². The van der Waals surface area contributed by atoms with Crippen LogP contribution in [0.2, 0.25) is 0 Å². The third-order valence-corrected chi connectivity index (χ3v) is 3.23. The van der Waals surface area contributed by atoms with Gasteiger partial charge in [0.25, 0.3) is 5.69 Å². The maximum absolute atomic E-state index is 12.0. The van der Waals surface area contributed by atoms with E-state index in [-0.39, 0.29) is 22.6 Å². The van der Waals surface area contributed by atoms with Crippen LogP contribution < -0.4 is 0 Å². The number of hydrogen-bond donors (Lipinski definition) is 0. The highest BCUT2D eigenvalue weighted by molar-refractivity contribution is 7.12. The molecule has 2 aromatic rings. The van der Waals surface area contributed by atoms with Gasteiger partial charge in [-0.2, -0.15) is 0 Å². The molecule has 0 atom stereocenters. The second-order valence-corrected chi connectivity index (χ2v) is 4.40. The Kier molecular flexibility index (Phi) is 3.29. The smallest absolute Gasteiger partial charge is 0.279 e. The van der Waals surface area contributed by atoms with Crippen LogP contribution in [0.15, 0.2) is 35.7 Å². The summed E-state index contributed by atoms with van der Waals surface area (Å²) >= 11 is 1.28. The molecule has 5 nitrogen and oxygen atoms in total. The van der Waals surface area contributed by atoms with Crippen molar-refractivity contribution in [3.8, 4) is 0 Å². The summed E-state index contributed by atoms with van der Waals surface area (Å²) in [4.78, 5) is 33.3. The van der Waals surface area contributed by atoms with E-state index in [4.69, 9.17) is 0 Å². The SMILES string of the molecule is O=Cc1cc(C(=O)c2cccs2)ccc1[N+](=O)[O-]. The van der Waals surface area contributed by atoms with Crippen molar-refractivity contribution in [1.29, 1.82) is 0 Å². The van der Waals surface area contributed by atoms with Crippen molar-refractivity contribution in [3.63, 3.8) is 0 Å². The predicted molar refractivity (Wildman–Crippen MR) is 66.2 cm³/mol. The van der Waals surface area contributed by atoms with Crippen molar-refractivity contribution >= 4 is 29.1 Å². The van der Waals surface area contributed by atoms with E-state index < -0.39 is 4.92 Å². The van der Waals surface area contributed by atoms with Crippen LogP contribution in [0, 0.1) is 10.1 Å². The van der Waals surface area contributed by atoms with Crippen molar-refractivity contribution in [2.45, 2.75) is 0 Å². The Balaban J connectivity index is 2.45. The van der Waals surface area contributed by atoms with E-state index in [1.54, 1.807) is 17.5 Å². The number of carbonyl (C=O) groups excluding carboxylic acids is 2. The van der Waals surface area contributed by atoms with Gasteiger partial charge < -0.3 is 0 Å². The van der Waals surface area contributed by atoms with Gasteiger partial charge in [-0.05, 0) is 23.6 Å². The highest BCUT2D eigenvalue weighted by Gasteiger charge is 2.17. The Labute approximate surface area is 106 Å². The number of thiophene rings is 1. The lowest BCUT2D eigenvalue weighted by molar-refractivity contribution is -0.385. The van der Waals surface area contributed by atoms with Gasteiger partial charge in [0.15, 0.2) is 6.29 Å². The van der Waals surface area contributed by atoms with Crippen molar-refractivity contribution in [2.24, 2.45) is 0 Å². The van der Waals surface area contributed by atoms with E-state index in [0.717, 1.165) is 0 Å². The lowest BCUT2D eigenvalue weighted by Gasteiger charge is -2.00. The van der Waals surface area contributed by atoms with E-state index in [9.17, 15) is 19.7 Å². The number of nitro benzene ring substituents is 1. The van der Waals surface area contributed by atoms with Gasteiger partial charge in [-0.25, -0.2) is 0 Å². The van der Waals surface area contributed by atoms with Gasteiger partial charge in [-0.1, -0.05) is 6.07 Å². The average Bonchev–Trinajstić information content (AvgIpc) is 2.90. The summed E-state index contributed by atoms with van der Waals surface area (Å²) in [6.45, 7) is 0. The van der Waals surface area contributed by atoms with Gasteiger partial charge in [0, 0.05) is 11.6 Å². The Hall–Kier alpha value is -2.34. The van der Waals surface area contributed by atoms with Gasteiger partial charge in [-0.3, -0.25) is 19.7 Å². The molecule has 0 aliphatic rings. The standard InChI is InChI=1S/C12H7NO4S/c14-7-9-6-8(3-4-10(9)13(16)17)12(15)11-2-1-5-18-11/h1-7H. The monoisotopic (exact) mass is 261 g/mol. The van der Waals surface area contributed by atoms with Crippen molar-refractivity contribution in [2.75, 3.05) is 0 Å². The zero-order chi connectivity index (χ0) is 13.1. The second kappa shape index (κ2) is 4.89. The molecule has 0 saturated heterocycles. The molecule has 1 heterocycles. The molecule has 0 unspecified atom stereocenters. The van der Waals surface area contributed by atoms with Crippen LogP contribution in [0.25, 0.3) is 0 Å². The molecule has 0 spiro atoms. The quantitative estimate of drug-likeness (QED) is 0.367. The molecule has 0 radical (unpaired) electrons. The molecule has 0 aliphatic carbocycles. The second-order valence-electron chi connectivity index (χ2n) is 3.45. The van der Waals surface area contributed by atoms with Crippen LogP contribution in [0.1, 0.15) is 25.6 Å². The van der Waals surface area contributed by atoms with Crippen LogP contribution >= 0.6 is 11.3 Å². The summed E-state index contributed by atoms with van der Waals surface area (Å²) in [5, 5.41) is 12.4. The Morgan fingerprint density at radius 1 is 1.33 bits per heavy atom. The lowest BCUT2D eigenvalue weighted by atomic mass is 10.1. The van der Waals surface area contributed by atoms with Crippen LogP contribution in [-0.2, 0) is 0 Å². The number of hydrogen-bond acceptors (Lipinski definition) is 5. The molecule has 0 aliphatic heterocycles. The first-order valence-electron chi connectivity index (χ1n) is 4.95. The van der Waals surface area contributed by atoms with Crippen molar-refractivity contribution < 1.29 is 14.5 Å². The number of ketones is 1. The summed E-state index contributed by atoms with van der Waals surface area (Å²) < 4.78 is 0. The molecule has 0 bridgehead atoms. The van der Waals surface area contributed by atoms with Gasteiger partial charge in [0.05, 0.1) is 15.4 Å². The molecule has 0 saturated carbocycles. The van der Waals surface area contributed by atoms with Gasteiger partial charge in [0.1, 0.15) is 0 Å². The molecular formula is C12H7NO4S. The Bertz CT molecular complexity index is 619. The third kappa shape index (κ3) is 2.18. The van der Waals surface area contributed by atoms with Gasteiger partial charge in [-0.15, -0.1) is 11.3 Å². The molecule has 1 aromatic heterocycles. The molecule has 6 heteroatoms. The molecule has 0 fully saturated rings. The molecule has 0 amide bonds. The van der Waals surface area contributed by atoms with Crippen molar-refractivity contribution in [1.82, 2.24) is 0 Å². The largest absolute Gasteiger partial charge is 0.298 e. The summed E-state index contributed by atoms with van der Waals surface area (Å²) in [5.41, 5.74) is -0.125. The van der Waals surface area contributed by atoms with Crippen LogP contribution in [-0.4, -0.2) is 17.0 Å². The van der Waals surface area contributed by atoms with Crippen LogP contribution in [0.5, 0.6) is 0 Å². The number of nitro groups is 1. The topological polar surface area (TPSA) is 77.3 Å². The van der Waals surface area contributed by atoms with E-state index in [0.29, 0.717) is 11.2 Å². The minimum absolute atomic E-state index is 0.0950. The first kappa shape index (κ1) is 12.1. The van der Waals surface area contributed by atoms with Gasteiger partial charge in [0.2, 0.25) is 5.78 Å². The van der Waals surface area contributed by atoms with E-state index in [1.165, 1.54) is 29.5 Å². The minimum Gasteiger partial charge on any atom is -0.298 e. The maximum Gasteiger partial charge on any atom is 0.279 e. The molecule has 2 rings (SSSR count). The number of benzene rings is 1. The summed E-state index contributed by atoms with van der Waals surface area (Å²) in [5.74, 6) is -0.247. The number of nitrogens with zero attached hydrogens (tertiary/aromatic N) is 1. The molecule has 90 valence electrons. The molecular weight excluding hydrogens is 254 g/mol. The Morgan fingerprint density at radius 3 is 2.67 bits per heavy atom. The first-order valence-corrected chi connectivity index (χ1v) is 5.83. The summed E-state index contributed by atoms with van der Waals surface area (Å²) in [6.07, 6.45) is 0.378. The zero-order valence-electron chi connectivity index (χ0n) is 9.03. The fourth-order valence-corrected chi connectivity index (χ4v) is 2.19. The average molecular weight is 261 g/mol. The number of rotatable bonds is 4. The maximum atomic E-state index is 12.0. The van der Waals surface area contributed by atoms with Crippen LogP contribution in [0.4, 0.5) is 5.69 Å². The lowest BCUT2D eigenvalue weighted by Crippen LogP contribution is -2.02. The summed E-state index contributed by atoms with van der Waals surface area (Å²) in [6, 6.07) is 7.17. The fourth-order valence-electron chi connectivity index (χ4n) is 1.51. The third-order valence-electron chi connectivity index (χ3n) is 2.36. The zero-order valence-corrected chi connectivity index (χ0v) is 9.85. The number of carbonyl (C=O) groups is 2. The molecule has 18 heavy (non-hydrogen) atoms. The van der Waals surface area contributed by atoms with E-state index in [2.05, 4.69) is 0 Å². The normalized spacial score (nSPS) is 10.0. The summed E-state index contributed by atoms with van der Waals surface area (Å²) in [7, 11) is 0. The number of aldehydes is 1. The van der Waals surface area contributed by atoms with E-state index >= 15 is 0 Å². The highest BCUT2D eigenvalue weighted by Crippen LogP contribution is 2.21. The predicted octanol–water partition coefficient (Wildman–Crippen LogP) is 2.70.